The van der Waals surface area contributed by atoms with Crippen molar-refractivity contribution in [2.45, 2.75) is 18.9 Å². The smallest absolute Gasteiger partial charge is 0.204 e. The Labute approximate surface area is 155 Å². The molecule has 0 bridgehead atoms. The Morgan fingerprint density at radius 3 is 2.96 bits per heavy atom. The Hall–Kier alpha value is -3.04. The number of carbonyl (C=O) groups excluding carboxylic acids is 1. The quantitative estimate of drug-likeness (QED) is 0.658. The third-order valence-electron chi connectivity index (χ3n) is 4.50. The van der Waals surface area contributed by atoms with Crippen molar-refractivity contribution in [3.8, 4) is 6.07 Å². The van der Waals surface area contributed by atoms with E-state index < -0.39 is 0 Å². The van der Waals surface area contributed by atoms with Crippen LogP contribution in [0.2, 0.25) is 0 Å². The second kappa shape index (κ2) is 7.06. The number of nitrogens with zero attached hydrogens (tertiary/aromatic N) is 4. The highest BCUT2D eigenvalue weighted by molar-refractivity contribution is 7.17. The SMILES string of the molecule is N#Cc1cccc(C(=O)c2cnc(N3CCCC3c3ccccn3)s2)c1. The van der Waals surface area contributed by atoms with E-state index in [1.807, 2.05) is 24.4 Å². The molecule has 2 aromatic heterocycles. The molecule has 3 heterocycles. The molecular weight excluding hydrogens is 344 g/mol. The van der Waals surface area contributed by atoms with Gasteiger partial charge in [0.15, 0.2) is 5.13 Å². The molecule has 0 saturated carbocycles. The Balaban J connectivity index is 1.59. The summed E-state index contributed by atoms with van der Waals surface area (Å²) in [6.07, 6.45) is 5.55. The Kier molecular flexibility index (Phi) is 4.46. The molecule has 4 rings (SSSR count). The lowest BCUT2D eigenvalue weighted by molar-refractivity contribution is 0.104. The monoisotopic (exact) mass is 360 g/mol. The summed E-state index contributed by atoms with van der Waals surface area (Å²) in [4.78, 5) is 24.5. The predicted molar refractivity (Wildman–Crippen MR) is 100 cm³/mol. The van der Waals surface area contributed by atoms with E-state index in [2.05, 4.69) is 20.9 Å². The van der Waals surface area contributed by atoms with Crippen LogP contribution in [0.15, 0.2) is 54.9 Å². The fourth-order valence-corrected chi connectivity index (χ4v) is 4.20. The van der Waals surface area contributed by atoms with Gasteiger partial charge in [-0.1, -0.05) is 29.5 Å². The average Bonchev–Trinajstić information content (AvgIpc) is 3.37. The number of carbonyl (C=O) groups is 1. The van der Waals surface area contributed by atoms with Gasteiger partial charge in [0, 0.05) is 18.3 Å². The maximum absolute atomic E-state index is 12.7. The zero-order valence-corrected chi connectivity index (χ0v) is 14.8. The minimum Gasteiger partial charge on any atom is -0.339 e. The maximum Gasteiger partial charge on any atom is 0.204 e. The zero-order chi connectivity index (χ0) is 17.9. The molecule has 0 amide bonds. The van der Waals surface area contributed by atoms with E-state index in [0.717, 1.165) is 30.2 Å². The molecule has 1 fully saturated rings. The van der Waals surface area contributed by atoms with Gasteiger partial charge < -0.3 is 4.90 Å². The lowest BCUT2D eigenvalue weighted by atomic mass is 10.1. The van der Waals surface area contributed by atoms with Gasteiger partial charge in [-0.15, -0.1) is 0 Å². The Bertz CT molecular complexity index is 977. The number of nitriles is 1. The van der Waals surface area contributed by atoms with E-state index >= 15 is 0 Å². The van der Waals surface area contributed by atoms with Gasteiger partial charge >= 0.3 is 0 Å². The molecule has 0 spiro atoms. The van der Waals surface area contributed by atoms with Crippen molar-refractivity contribution in [3.63, 3.8) is 0 Å². The standard InChI is InChI=1S/C20H16N4OS/c21-12-14-5-3-6-15(11-14)19(25)18-13-23-20(26-18)24-10-4-8-17(24)16-7-1-2-9-22-16/h1-3,5-7,9,11,13,17H,4,8,10H2. The van der Waals surface area contributed by atoms with E-state index in [0.29, 0.717) is 16.0 Å². The van der Waals surface area contributed by atoms with Crippen LogP contribution in [-0.4, -0.2) is 22.3 Å². The fraction of sp³-hybridized carbons (Fsp3) is 0.200. The molecule has 3 aromatic rings. The lowest BCUT2D eigenvalue weighted by Crippen LogP contribution is -2.22. The predicted octanol–water partition coefficient (Wildman–Crippen LogP) is 3.98. The second-order valence-electron chi connectivity index (χ2n) is 6.13. The largest absolute Gasteiger partial charge is 0.339 e. The van der Waals surface area contributed by atoms with E-state index in [9.17, 15) is 4.79 Å². The molecule has 1 atom stereocenters. The third-order valence-corrected chi connectivity index (χ3v) is 5.53. The van der Waals surface area contributed by atoms with Crippen LogP contribution in [0.3, 0.4) is 0 Å². The van der Waals surface area contributed by atoms with Crippen molar-refractivity contribution in [1.82, 2.24) is 9.97 Å². The fourth-order valence-electron chi connectivity index (χ4n) is 3.25. The summed E-state index contributed by atoms with van der Waals surface area (Å²) in [5.74, 6) is -0.0977. The molecule has 6 heteroatoms. The molecule has 128 valence electrons. The molecule has 1 aliphatic rings. The van der Waals surface area contributed by atoms with Crippen LogP contribution >= 0.6 is 11.3 Å². The van der Waals surface area contributed by atoms with Crippen LogP contribution < -0.4 is 4.90 Å². The van der Waals surface area contributed by atoms with Crippen LogP contribution in [0.5, 0.6) is 0 Å². The van der Waals surface area contributed by atoms with Gasteiger partial charge in [0.2, 0.25) is 5.78 Å². The van der Waals surface area contributed by atoms with Crippen molar-refractivity contribution in [1.29, 1.82) is 5.26 Å². The minimum absolute atomic E-state index is 0.0977. The highest BCUT2D eigenvalue weighted by atomic mass is 32.1. The van der Waals surface area contributed by atoms with Gasteiger partial charge in [0.05, 0.1) is 34.4 Å². The van der Waals surface area contributed by atoms with E-state index in [4.69, 9.17) is 5.26 Å². The summed E-state index contributed by atoms with van der Waals surface area (Å²) in [6.45, 7) is 0.909. The van der Waals surface area contributed by atoms with Gasteiger partial charge in [0.25, 0.3) is 0 Å². The van der Waals surface area contributed by atoms with Gasteiger partial charge in [-0.05, 0) is 37.1 Å². The van der Waals surface area contributed by atoms with E-state index in [-0.39, 0.29) is 11.8 Å². The van der Waals surface area contributed by atoms with Crippen molar-refractivity contribution in [2.75, 3.05) is 11.4 Å². The first-order valence-corrected chi connectivity index (χ1v) is 9.26. The first-order valence-electron chi connectivity index (χ1n) is 8.44. The Morgan fingerprint density at radius 1 is 1.23 bits per heavy atom. The highest BCUT2D eigenvalue weighted by Gasteiger charge is 2.29. The molecule has 0 aliphatic carbocycles. The lowest BCUT2D eigenvalue weighted by Gasteiger charge is -2.23. The number of hydrogen-bond acceptors (Lipinski definition) is 6. The topological polar surface area (TPSA) is 69.9 Å². The van der Waals surface area contributed by atoms with Crippen molar-refractivity contribution < 1.29 is 4.79 Å². The molecule has 1 unspecified atom stereocenters. The van der Waals surface area contributed by atoms with Crippen molar-refractivity contribution >= 4 is 22.3 Å². The maximum atomic E-state index is 12.7. The van der Waals surface area contributed by atoms with Crippen molar-refractivity contribution in [3.05, 3.63) is 76.6 Å². The molecule has 1 aliphatic heterocycles. The van der Waals surface area contributed by atoms with Crippen LogP contribution in [0.4, 0.5) is 5.13 Å². The van der Waals surface area contributed by atoms with Crippen LogP contribution in [-0.2, 0) is 0 Å². The number of thiazole rings is 1. The molecule has 5 nitrogen and oxygen atoms in total. The molecule has 1 aromatic carbocycles. The molecule has 1 saturated heterocycles. The number of rotatable bonds is 4. The number of aromatic nitrogens is 2. The minimum atomic E-state index is -0.0977. The highest BCUT2D eigenvalue weighted by Crippen LogP contribution is 2.37. The van der Waals surface area contributed by atoms with Crippen LogP contribution in [0.1, 0.15) is 45.4 Å². The first-order chi connectivity index (χ1) is 12.8. The van der Waals surface area contributed by atoms with Crippen LogP contribution in [0, 0.1) is 11.3 Å². The van der Waals surface area contributed by atoms with E-state index in [1.54, 1.807) is 30.5 Å². The number of ketones is 1. The van der Waals surface area contributed by atoms with Crippen molar-refractivity contribution in [2.24, 2.45) is 0 Å². The second-order valence-corrected chi connectivity index (χ2v) is 7.14. The third kappa shape index (κ3) is 3.09. The summed E-state index contributed by atoms with van der Waals surface area (Å²) < 4.78 is 0. The Morgan fingerprint density at radius 2 is 2.15 bits per heavy atom. The zero-order valence-electron chi connectivity index (χ0n) is 14.0. The molecular formula is C20H16N4OS. The van der Waals surface area contributed by atoms with E-state index in [1.165, 1.54) is 11.3 Å². The average molecular weight is 360 g/mol. The summed E-state index contributed by atoms with van der Waals surface area (Å²) in [7, 11) is 0. The number of anilines is 1. The molecule has 26 heavy (non-hydrogen) atoms. The van der Waals surface area contributed by atoms with Gasteiger partial charge in [-0.2, -0.15) is 5.26 Å². The van der Waals surface area contributed by atoms with Crippen LogP contribution in [0.25, 0.3) is 0 Å². The summed E-state index contributed by atoms with van der Waals surface area (Å²) >= 11 is 1.40. The number of hydrogen-bond donors (Lipinski definition) is 0. The number of pyridine rings is 1. The number of benzene rings is 1. The summed E-state index contributed by atoms with van der Waals surface area (Å²) in [6, 6.07) is 15.0. The molecule has 0 radical (unpaired) electrons. The molecule has 0 N–H and O–H groups in total. The normalized spacial score (nSPS) is 16.4. The first kappa shape index (κ1) is 16.4. The van der Waals surface area contributed by atoms with Gasteiger partial charge in [-0.3, -0.25) is 9.78 Å². The van der Waals surface area contributed by atoms with Gasteiger partial charge in [0.1, 0.15) is 0 Å². The summed E-state index contributed by atoms with van der Waals surface area (Å²) in [5, 5.41) is 9.86. The van der Waals surface area contributed by atoms with Gasteiger partial charge in [-0.25, -0.2) is 4.98 Å². The summed E-state index contributed by atoms with van der Waals surface area (Å²) in [5.41, 5.74) is 2.03.